The molecule has 1 aliphatic rings. The van der Waals surface area contributed by atoms with Gasteiger partial charge in [-0.1, -0.05) is 18.2 Å². The fourth-order valence-electron chi connectivity index (χ4n) is 1.76. The van der Waals surface area contributed by atoms with E-state index in [9.17, 15) is 0 Å². The summed E-state index contributed by atoms with van der Waals surface area (Å²) in [6.07, 6.45) is 3.66. The second kappa shape index (κ2) is 3.81. The van der Waals surface area contributed by atoms with Gasteiger partial charge < -0.3 is 0 Å². The van der Waals surface area contributed by atoms with Crippen molar-refractivity contribution in [1.29, 1.82) is 0 Å². The monoisotopic (exact) mass is 212 g/mol. The van der Waals surface area contributed by atoms with E-state index in [1.807, 2.05) is 35.7 Å². The zero-order chi connectivity index (χ0) is 10.8. The van der Waals surface area contributed by atoms with E-state index in [4.69, 9.17) is 0 Å². The first-order valence-electron chi connectivity index (χ1n) is 5.30. The Morgan fingerprint density at radius 2 is 2.19 bits per heavy atom. The van der Waals surface area contributed by atoms with Crippen LogP contribution in [0.5, 0.6) is 0 Å². The summed E-state index contributed by atoms with van der Waals surface area (Å²) in [6.45, 7) is 1.76. The summed E-state index contributed by atoms with van der Waals surface area (Å²) >= 11 is 0. The largest absolute Gasteiger partial charge is 0.296 e. The fourth-order valence-corrected chi connectivity index (χ4v) is 1.76. The summed E-state index contributed by atoms with van der Waals surface area (Å²) in [4.78, 5) is 8.53. The molecule has 4 heteroatoms. The number of rotatable bonds is 2. The first-order chi connectivity index (χ1) is 7.92. The van der Waals surface area contributed by atoms with E-state index in [2.05, 4.69) is 27.5 Å². The molecule has 0 atom stereocenters. The van der Waals surface area contributed by atoms with Crippen LogP contribution in [0, 0.1) is 0 Å². The third-order valence-corrected chi connectivity index (χ3v) is 2.55. The van der Waals surface area contributed by atoms with Crippen LogP contribution in [-0.2, 0) is 0 Å². The molecule has 2 aromatic rings. The number of anilines is 1. The van der Waals surface area contributed by atoms with E-state index in [1.165, 1.54) is 0 Å². The van der Waals surface area contributed by atoms with Crippen LogP contribution >= 0.6 is 0 Å². The molecule has 0 radical (unpaired) electrons. The lowest BCUT2D eigenvalue weighted by Gasteiger charge is -2.16. The van der Waals surface area contributed by atoms with E-state index < -0.39 is 0 Å². The number of hydrogen-bond acceptors (Lipinski definition) is 4. The summed E-state index contributed by atoms with van der Waals surface area (Å²) in [5.41, 5.74) is 5.26. The van der Waals surface area contributed by atoms with Crippen LogP contribution in [0.25, 0.3) is 10.9 Å². The van der Waals surface area contributed by atoms with Crippen LogP contribution in [0.15, 0.2) is 41.5 Å². The van der Waals surface area contributed by atoms with E-state index in [0.29, 0.717) is 0 Å². The van der Waals surface area contributed by atoms with Crippen molar-refractivity contribution in [3.63, 3.8) is 0 Å². The zero-order valence-electron chi connectivity index (χ0n) is 8.80. The Morgan fingerprint density at radius 3 is 3.06 bits per heavy atom. The molecule has 0 spiro atoms. The SMILES string of the molecule is C1=NCCN1Nc1cnc2ccccc2c1. The van der Waals surface area contributed by atoms with Gasteiger partial charge in [0.15, 0.2) is 0 Å². The molecule has 0 bridgehead atoms. The molecule has 0 amide bonds. The quantitative estimate of drug-likeness (QED) is 0.826. The van der Waals surface area contributed by atoms with Crippen LogP contribution in [0.2, 0.25) is 0 Å². The molecule has 1 aromatic carbocycles. The number of nitrogens with zero attached hydrogens (tertiary/aromatic N) is 3. The summed E-state index contributed by atoms with van der Waals surface area (Å²) < 4.78 is 0. The number of hydrazine groups is 1. The third-order valence-electron chi connectivity index (χ3n) is 2.55. The molecule has 1 N–H and O–H groups in total. The van der Waals surface area contributed by atoms with Gasteiger partial charge in [0, 0.05) is 5.39 Å². The minimum atomic E-state index is 0.855. The molecule has 16 heavy (non-hydrogen) atoms. The average molecular weight is 212 g/mol. The lowest BCUT2D eigenvalue weighted by molar-refractivity contribution is 0.557. The number of para-hydroxylation sites is 1. The smallest absolute Gasteiger partial charge is 0.104 e. The van der Waals surface area contributed by atoms with Crippen LogP contribution < -0.4 is 5.43 Å². The van der Waals surface area contributed by atoms with Crippen molar-refractivity contribution in [3.05, 3.63) is 36.5 Å². The van der Waals surface area contributed by atoms with Gasteiger partial charge in [0.2, 0.25) is 0 Å². The first-order valence-corrected chi connectivity index (χ1v) is 5.30. The Kier molecular flexibility index (Phi) is 2.18. The van der Waals surface area contributed by atoms with Crippen molar-refractivity contribution < 1.29 is 0 Å². The Labute approximate surface area is 93.6 Å². The predicted molar refractivity (Wildman–Crippen MR) is 65.4 cm³/mol. The zero-order valence-corrected chi connectivity index (χ0v) is 8.80. The van der Waals surface area contributed by atoms with Crippen molar-refractivity contribution in [3.8, 4) is 0 Å². The number of aromatic nitrogens is 1. The summed E-state index contributed by atoms with van der Waals surface area (Å²) in [6, 6.07) is 10.2. The normalized spacial score (nSPS) is 14.6. The highest BCUT2D eigenvalue weighted by molar-refractivity contribution is 5.81. The predicted octanol–water partition coefficient (Wildman–Crippen LogP) is 1.91. The highest BCUT2D eigenvalue weighted by Gasteiger charge is 2.05. The molecule has 0 unspecified atom stereocenters. The molecule has 2 heterocycles. The van der Waals surface area contributed by atoms with Gasteiger partial charge in [-0.05, 0) is 12.1 Å². The summed E-state index contributed by atoms with van der Waals surface area (Å²) in [5, 5.41) is 3.11. The highest BCUT2D eigenvalue weighted by Crippen LogP contribution is 2.16. The van der Waals surface area contributed by atoms with E-state index in [-0.39, 0.29) is 0 Å². The fraction of sp³-hybridized carbons (Fsp3) is 0.167. The molecule has 0 fully saturated rings. The highest BCUT2D eigenvalue weighted by atomic mass is 15.5. The Hall–Kier alpha value is -2.10. The number of fused-ring (bicyclic) bond motifs is 1. The van der Waals surface area contributed by atoms with Crippen LogP contribution in [0.3, 0.4) is 0 Å². The maximum atomic E-state index is 4.39. The molecule has 4 nitrogen and oxygen atoms in total. The van der Waals surface area contributed by atoms with Crippen LogP contribution in [-0.4, -0.2) is 29.4 Å². The molecular formula is C12H12N4. The van der Waals surface area contributed by atoms with E-state index in [1.54, 1.807) is 0 Å². The second-order valence-electron chi connectivity index (χ2n) is 3.74. The molecule has 0 saturated carbocycles. The lowest BCUT2D eigenvalue weighted by Crippen LogP contribution is -2.26. The van der Waals surface area contributed by atoms with Crippen molar-refractivity contribution in [2.24, 2.45) is 4.99 Å². The molecule has 0 saturated heterocycles. The number of benzene rings is 1. The Morgan fingerprint density at radius 1 is 1.25 bits per heavy atom. The lowest BCUT2D eigenvalue weighted by atomic mass is 10.2. The summed E-state index contributed by atoms with van der Waals surface area (Å²) in [5.74, 6) is 0. The molecule has 80 valence electrons. The number of aliphatic imine (C=N–C) groups is 1. The maximum Gasteiger partial charge on any atom is 0.104 e. The third kappa shape index (κ3) is 1.69. The van der Waals surface area contributed by atoms with Gasteiger partial charge in [0.25, 0.3) is 0 Å². The average Bonchev–Trinajstić information content (AvgIpc) is 2.82. The second-order valence-corrected chi connectivity index (χ2v) is 3.74. The molecule has 0 aliphatic carbocycles. The van der Waals surface area contributed by atoms with Gasteiger partial charge in [0.05, 0.1) is 30.5 Å². The van der Waals surface area contributed by atoms with Gasteiger partial charge in [-0.3, -0.25) is 20.4 Å². The molecule has 3 rings (SSSR count). The van der Waals surface area contributed by atoms with Crippen molar-refractivity contribution in [1.82, 2.24) is 9.99 Å². The number of pyridine rings is 1. The van der Waals surface area contributed by atoms with Crippen LogP contribution in [0.1, 0.15) is 0 Å². The van der Waals surface area contributed by atoms with Crippen LogP contribution in [0.4, 0.5) is 5.69 Å². The van der Waals surface area contributed by atoms with Gasteiger partial charge in [0.1, 0.15) is 6.34 Å². The summed E-state index contributed by atoms with van der Waals surface area (Å²) in [7, 11) is 0. The van der Waals surface area contributed by atoms with E-state index >= 15 is 0 Å². The number of nitrogens with one attached hydrogen (secondary N) is 1. The molecular weight excluding hydrogens is 200 g/mol. The standard InChI is InChI=1S/C12H12N4/c1-2-4-12-10(3-1)7-11(8-14-12)15-16-6-5-13-9-16/h1-4,7-9,15H,5-6H2. The van der Waals surface area contributed by atoms with Gasteiger partial charge in [-0.15, -0.1) is 0 Å². The molecule has 1 aliphatic heterocycles. The van der Waals surface area contributed by atoms with Gasteiger partial charge >= 0.3 is 0 Å². The van der Waals surface area contributed by atoms with Gasteiger partial charge in [-0.2, -0.15) is 0 Å². The maximum absolute atomic E-state index is 4.39. The van der Waals surface area contributed by atoms with E-state index in [0.717, 1.165) is 29.7 Å². The Bertz CT molecular complexity index is 535. The van der Waals surface area contributed by atoms with Crippen molar-refractivity contribution in [2.45, 2.75) is 0 Å². The minimum Gasteiger partial charge on any atom is -0.296 e. The van der Waals surface area contributed by atoms with Crippen molar-refractivity contribution in [2.75, 3.05) is 18.5 Å². The Balaban J connectivity index is 1.89. The van der Waals surface area contributed by atoms with Gasteiger partial charge in [-0.25, -0.2) is 0 Å². The first kappa shape index (κ1) is 9.15. The topological polar surface area (TPSA) is 40.5 Å². The number of hydrogen-bond donors (Lipinski definition) is 1. The minimum absolute atomic E-state index is 0.855. The molecule has 1 aromatic heterocycles. The van der Waals surface area contributed by atoms with Crippen molar-refractivity contribution >= 4 is 22.9 Å².